The van der Waals surface area contributed by atoms with E-state index in [9.17, 15) is 0 Å². The van der Waals surface area contributed by atoms with Crippen molar-refractivity contribution >= 4 is 18.0 Å². The average Bonchev–Trinajstić information content (AvgIpc) is 2.84. The van der Waals surface area contributed by atoms with E-state index in [4.69, 9.17) is 21.1 Å². The second kappa shape index (κ2) is 5.89. The van der Waals surface area contributed by atoms with Gasteiger partial charge in [-0.1, -0.05) is 17.7 Å². The van der Waals surface area contributed by atoms with Gasteiger partial charge in [0.05, 0.1) is 18.2 Å². The van der Waals surface area contributed by atoms with Crippen molar-refractivity contribution in [2.45, 2.75) is 12.6 Å². The van der Waals surface area contributed by atoms with Crippen LogP contribution in [0.2, 0.25) is 5.02 Å². The molecule has 5 heteroatoms. The molecule has 0 saturated carbocycles. The normalized spacial score (nSPS) is 18.1. The van der Waals surface area contributed by atoms with Crippen LogP contribution in [0.5, 0.6) is 5.75 Å². The standard InChI is InChI=1S/C12H15ClN2O2/c1-16-12-4-9(2-3-11(12)13)5-14-6-10-7-17-8-15-10/h2-4,8,10,14H,5-7H2,1H3. The fraction of sp³-hybridized carbons (Fsp3) is 0.417. The van der Waals surface area contributed by atoms with Crippen LogP contribution in [0.4, 0.5) is 0 Å². The number of hydrogen-bond acceptors (Lipinski definition) is 4. The van der Waals surface area contributed by atoms with Gasteiger partial charge in [0.15, 0.2) is 6.40 Å². The maximum absolute atomic E-state index is 5.95. The molecule has 0 aromatic heterocycles. The van der Waals surface area contributed by atoms with Crippen LogP contribution >= 0.6 is 11.6 Å². The molecule has 0 saturated heterocycles. The number of ether oxygens (including phenoxy) is 2. The lowest BCUT2D eigenvalue weighted by Gasteiger charge is -2.09. The highest BCUT2D eigenvalue weighted by atomic mass is 35.5. The zero-order chi connectivity index (χ0) is 12.1. The van der Waals surface area contributed by atoms with Gasteiger partial charge in [-0.05, 0) is 17.7 Å². The van der Waals surface area contributed by atoms with Crippen LogP contribution in [-0.2, 0) is 11.3 Å². The lowest BCUT2D eigenvalue weighted by atomic mass is 10.2. The molecule has 1 N–H and O–H groups in total. The van der Waals surface area contributed by atoms with E-state index in [1.54, 1.807) is 7.11 Å². The Morgan fingerprint density at radius 2 is 2.47 bits per heavy atom. The van der Waals surface area contributed by atoms with E-state index in [0.29, 0.717) is 17.4 Å². The summed E-state index contributed by atoms with van der Waals surface area (Å²) in [6.07, 6.45) is 1.51. The molecule has 1 aliphatic heterocycles. The van der Waals surface area contributed by atoms with E-state index >= 15 is 0 Å². The van der Waals surface area contributed by atoms with Crippen molar-refractivity contribution in [1.29, 1.82) is 0 Å². The van der Waals surface area contributed by atoms with Gasteiger partial charge < -0.3 is 14.8 Å². The van der Waals surface area contributed by atoms with Crippen molar-refractivity contribution in [3.8, 4) is 5.75 Å². The van der Waals surface area contributed by atoms with Crippen LogP contribution in [0.25, 0.3) is 0 Å². The number of halogens is 1. The first kappa shape index (κ1) is 12.2. The van der Waals surface area contributed by atoms with Crippen molar-refractivity contribution in [3.63, 3.8) is 0 Å². The molecule has 1 aliphatic rings. The Morgan fingerprint density at radius 1 is 1.59 bits per heavy atom. The van der Waals surface area contributed by atoms with E-state index in [2.05, 4.69) is 10.3 Å². The molecule has 1 atom stereocenters. The molecule has 0 bridgehead atoms. The topological polar surface area (TPSA) is 42.8 Å². The summed E-state index contributed by atoms with van der Waals surface area (Å²) >= 11 is 5.95. The second-order valence-corrected chi connectivity index (χ2v) is 4.25. The maximum Gasteiger partial charge on any atom is 0.169 e. The summed E-state index contributed by atoms with van der Waals surface area (Å²) in [7, 11) is 1.61. The quantitative estimate of drug-likeness (QED) is 0.872. The highest BCUT2D eigenvalue weighted by Gasteiger charge is 2.10. The Balaban J connectivity index is 1.83. The average molecular weight is 255 g/mol. The Kier molecular flexibility index (Phi) is 4.23. The molecule has 1 heterocycles. The second-order valence-electron chi connectivity index (χ2n) is 3.84. The number of hydrogen-bond donors (Lipinski definition) is 1. The summed E-state index contributed by atoms with van der Waals surface area (Å²) in [6.45, 7) is 2.23. The smallest absolute Gasteiger partial charge is 0.169 e. The Hall–Kier alpha value is -1.26. The highest BCUT2D eigenvalue weighted by molar-refractivity contribution is 6.32. The molecule has 92 valence electrons. The monoisotopic (exact) mass is 254 g/mol. The van der Waals surface area contributed by atoms with Crippen LogP contribution in [0.3, 0.4) is 0 Å². The molecule has 2 rings (SSSR count). The van der Waals surface area contributed by atoms with E-state index in [0.717, 1.165) is 18.7 Å². The fourth-order valence-corrected chi connectivity index (χ4v) is 1.83. The van der Waals surface area contributed by atoms with E-state index in [-0.39, 0.29) is 6.04 Å². The minimum atomic E-state index is 0.226. The molecule has 1 aromatic rings. The third-order valence-corrected chi connectivity index (χ3v) is 2.87. The van der Waals surface area contributed by atoms with Crippen LogP contribution < -0.4 is 10.1 Å². The van der Waals surface area contributed by atoms with Gasteiger partial charge in [0.25, 0.3) is 0 Å². The summed E-state index contributed by atoms with van der Waals surface area (Å²) in [5, 5.41) is 3.95. The maximum atomic E-state index is 5.95. The minimum Gasteiger partial charge on any atom is -0.495 e. The molecule has 0 radical (unpaired) electrons. The summed E-state index contributed by atoms with van der Waals surface area (Å²) in [6, 6.07) is 5.98. The Morgan fingerprint density at radius 3 is 3.18 bits per heavy atom. The zero-order valence-corrected chi connectivity index (χ0v) is 10.4. The number of methoxy groups -OCH3 is 1. The van der Waals surface area contributed by atoms with Gasteiger partial charge >= 0.3 is 0 Å². The Bertz CT molecular complexity index is 409. The molecule has 4 nitrogen and oxygen atoms in total. The van der Waals surface area contributed by atoms with Crippen molar-refractivity contribution in [3.05, 3.63) is 28.8 Å². The molecule has 0 fully saturated rings. The molecule has 0 spiro atoms. The molecule has 0 amide bonds. The molecule has 17 heavy (non-hydrogen) atoms. The molecular weight excluding hydrogens is 240 g/mol. The highest BCUT2D eigenvalue weighted by Crippen LogP contribution is 2.24. The number of aliphatic imine (C=N–C) groups is 1. The third kappa shape index (κ3) is 3.35. The summed E-state index contributed by atoms with van der Waals surface area (Å²) < 4.78 is 10.2. The predicted molar refractivity (Wildman–Crippen MR) is 67.9 cm³/mol. The molecular formula is C12H15ClN2O2. The predicted octanol–water partition coefficient (Wildman–Crippen LogP) is 1.87. The third-order valence-electron chi connectivity index (χ3n) is 2.56. The lowest BCUT2D eigenvalue weighted by Crippen LogP contribution is -2.26. The number of nitrogens with zero attached hydrogens (tertiary/aromatic N) is 1. The van der Waals surface area contributed by atoms with Crippen LogP contribution in [-0.4, -0.2) is 32.7 Å². The summed E-state index contributed by atoms with van der Waals surface area (Å²) in [5.74, 6) is 0.702. The number of nitrogens with one attached hydrogen (secondary N) is 1. The number of benzene rings is 1. The van der Waals surface area contributed by atoms with Gasteiger partial charge in [-0.15, -0.1) is 0 Å². The molecule has 1 aromatic carbocycles. The van der Waals surface area contributed by atoms with Gasteiger partial charge in [0.2, 0.25) is 0 Å². The van der Waals surface area contributed by atoms with Crippen molar-refractivity contribution in [2.75, 3.05) is 20.3 Å². The number of rotatable bonds is 5. The van der Waals surface area contributed by atoms with Crippen molar-refractivity contribution < 1.29 is 9.47 Å². The Labute approximate surface area is 106 Å². The van der Waals surface area contributed by atoms with Gasteiger partial charge in [-0.25, -0.2) is 0 Å². The lowest BCUT2D eigenvalue weighted by molar-refractivity contribution is 0.323. The molecule has 1 unspecified atom stereocenters. The van der Waals surface area contributed by atoms with Crippen molar-refractivity contribution in [2.24, 2.45) is 4.99 Å². The first-order chi connectivity index (χ1) is 8.29. The van der Waals surface area contributed by atoms with Gasteiger partial charge in [0, 0.05) is 13.1 Å². The largest absolute Gasteiger partial charge is 0.495 e. The summed E-state index contributed by atoms with van der Waals surface area (Å²) in [5.41, 5.74) is 1.13. The van der Waals surface area contributed by atoms with Crippen molar-refractivity contribution in [1.82, 2.24) is 5.32 Å². The van der Waals surface area contributed by atoms with Crippen LogP contribution in [0.1, 0.15) is 5.56 Å². The van der Waals surface area contributed by atoms with Gasteiger partial charge in [-0.2, -0.15) is 0 Å². The van der Waals surface area contributed by atoms with Crippen LogP contribution in [0, 0.1) is 0 Å². The minimum absolute atomic E-state index is 0.226. The zero-order valence-electron chi connectivity index (χ0n) is 9.65. The van der Waals surface area contributed by atoms with Crippen LogP contribution in [0.15, 0.2) is 23.2 Å². The first-order valence-corrected chi connectivity index (χ1v) is 5.84. The fourth-order valence-electron chi connectivity index (χ4n) is 1.64. The van der Waals surface area contributed by atoms with Gasteiger partial charge in [-0.3, -0.25) is 4.99 Å². The van der Waals surface area contributed by atoms with E-state index in [1.807, 2.05) is 18.2 Å². The van der Waals surface area contributed by atoms with E-state index < -0.39 is 0 Å². The van der Waals surface area contributed by atoms with Gasteiger partial charge in [0.1, 0.15) is 12.4 Å². The summed E-state index contributed by atoms with van der Waals surface area (Å²) in [4.78, 5) is 4.16. The SMILES string of the molecule is COc1cc(CNCC2COC=N2)ccc1Cl. The van der Waals surface area contributed by atoms with E-state index in [1.165, 1.54) is 6.40 Å². The molecule has 0 aliphatic carbocycles. The first-order valence-electron chi connectivity index (χ1n) is 5.46.